The maximum Gasteiger partial charge on any atom is 0.240 e. The van der Waals surface area contributed by atoms with Crippen LogP contribution in [0.3, 0.4) is 0 Å². The van der Waals surface area contributed by atoms with E-state index in [4.69, 9.17) is 11.6 Å². The van der Waals surface area contributed by atoms with Gasteiger partial charge in [-0.15, -0.1) is 11.6 Å². The third-order valence-electron chi connectivity index (χ3n) is 3.62. The zero-order valence-electron chi connectivity index (χ0n) is 11.4. The van der Waals surface area contributed by atoms with Crippen LogP contribution in [0.25, 0.3) is 10.8 Å². The van der Waals surface area contributed by atoms with Crippen LogP contribution >= 0.6 is 11.6 Å². The topological polar surface area (TPSA) is 80.3 Å². The summed E-state index contributed by atoms with van der Waals surface area (Å²) in [7, 11) is -7.11. The van der Waals surface area contributed by atoms with Gasteiger partial charge in [-0.1, -0.05) is 30.3 Å². The van der Waals surface area contributed by atoms with Crippen LogP contribution in [0.2, 0.25) is 0 Å². The summed E-state index contributed by atoms with van der Waals surface area (Å²) >= 11 is 5.95. The predicted octanol–water partition coefficient (Wildman–Crippen LogP) is 1.52. The minimum atomic E-state index is -3.82. The van der Waals surface area contributed by atoms with E-state index in [2.05, 4.69) is 4.72 Å². The fourth-order valence-corrected chi connectivity index (χ4v) is 6.56. The molecule has 2 aromatic rings. The summed E-state index contributed by atoms with van der Waals surface area (Å²) in [4.78, 5) is 0.0966. The molecule has 1 fully saturated rings. The fraction of sp³-hybridized carbons (Fsp3) is 0.286. The van der Waals surface area contributed by atoms with Gasteiger partial charge in [-0.05, 0) is 22.9 Å². The highest BCUT2D eigenvalue weighted by molar-refractivity contribution is 7.92. The number of hydrogen-bond acceptors (Lipinski definition) is 4. The van der Waals surface area contributed by atoms with Gasteiger partial charge in [-0.25, -0.2) is 21.6 Å². The average Bonchev–Trinajstić information content (AvgIpc) is 2.70. The molecule has 0 aromatic heterocycles. The van der Waals surface area contributed by atoms with Gasteiger partial charge in [-0.3, -0.25) is 0 Å². The Kier molecular flexibility index (Phi) is 3.92. The van der Waals surface area contributed by atoms with Gasteiger partial charge in [-0.2, -0.15) is 0 Å². The van der Waals surface area contributed by atoms with E-state index in [0.717, 1.165) is 10.8 Å². The molecule has 118 valence electrons. The van der Waals surface area contributed by atoms with Crippen LogP contribution < -0.4 is 4.72 Å². The van der Waals surface area contributed by atoms with Crippen molar-refractivity contribution in [1.29, 1.82) is 0 Å². The molecule has 3 rings (SSSR count). The van der Waals surface area contributed by atoms with E-state index in [1.807, 2.05) is 24.3 Å². The van der Waals surface area contributed by atoms with Crippen LogP contribution in [0.5, 0.6) is 0 Å². The van der Waals surface area contributed by atoms with Crippen molar-refractivity contribution in [3.8, 4) is 0 Å². The average molecular weight is 360 g/mol. The molecule has 0 spiro atoms. The van der Waals surface area contributed by atoms with Crippen molar-refractivity contribution in [2.75, 3.05) is 11.5 Å². The predicted molar refractivity (Wildman–Crippen MR) is 86.4 cm³/mol. The van der Waals surface area contributed by atoms with Crippen LogP contribution in [0.4, 0.5) is 0 Å². The van der Waals surface area contributed by atoms with Gasteiger partial charge in [0.2, 0.25) is 10.0 Å². The van der Waals surface area contributed by atoms with Crippen molar-refractivity contribution in [3.05, 3.63) is 42.5 Å². The summed E-state index contributed by atoms with van der Waals surface area (Å²) in [5.41, 5.74) is 0. The number of benzene rings is 2. The Bertz CT molecular complexity index is 925. The molecule has 2 aromatic carbocycles. The second kappa shape index (κ2) is 5.49. The monoisotopic (exact) mass is 359 g/mol. The largest absolute Gasteiger partial charge is 0.240 e. The Balaban J connectivity index is 1.92. The van der Waals surface area contributed by atoms with E-state index in [1.165, 1.54) is 6.07 Å². The third-order valence-corrected chi connectivity index (χ3v) is 7.48. The Hall–Kier alpha value is -1.15. The van der Waals surface area contributed by atoms with Crippen LogP contribution in [0.1, 0.15) is 0 Å². The molecule has 1 heterocycles. The van der Waals surface area contributed by atoms with E-state index in [-0.39, 0.29) is 16.4 Å². The molecular weight excluding hydrogens is 346 g/mol. The van der Waals surface area contributed by atoms with Crippen LogP contribution in [-0.2, 0) is 19.9 Å². The first-order valence-electron chi connectivity index (χ1n) is 6.62. The third kappa shape index (κ3) is 3.12. The van der Waals surface area contributed by atoms with Crippen LogP contribution in [-0.4, -0.2) is 39.8 Å². The first kappa shape index (κ1) is 15.7. The van der Waals surface area contributed by atoms with Gasteiger partial charge in [0.1, 0.15) is 0 Å². The molecular formula is C14H14ClNO4S2. The Labute approximate surface area is 134 Å². The highest BCUT2D eigenvalue weighted by Gasteiger charge is 2.38. The van der Waals surface area contributed by atoms with E-state index in [9.17, 15) is 16.8 Å². The zero-order chi connectivity index (χ0) is 16.0. The molecule has 1 aliphatic heterocycles. The number of rotatable bonds is 3. The minimum Gasteiger partial charge on any atom is -0.229 e. The maximum absolute atomic E-state index is 12.4. The molecule has 1 aliphatic rings. The second-order valence-electron chi connectivity index (χ2n) is 5.33. The standard InChI is InChI=1S/C14H14ClNO4S2/c15-13-8-21(17,18)9-14(13)16-22(19,20)12-6-5-10-3-1-2-4-11(10)7-12/h1-7,13-14,16H,8-9H2/t13-,14-/m1/s1. The van der Waals surface area contributed by atoms with Gasteiger partial charge in [0.05, 0.1) is 27.8 Å². The molecule has 8 heteroatoms. The summed E-state index contributed by atoms with van der Waals surface area (Å²) < 4.78 is 50.3. The second-order valence-corrected chi connectivity index (χ2v) is 9.76. The number of hydrogen-bond donors (Lipinski definition) is 1. The quantitative estimate of drug-likeness (QED) is 0.842. The van der Waals surface area contributed by atoms with Gasteiger partial charge in [0.15, 0.2) is 9.84 Å². The highest BCUT2D eigenvalue weighted by atomic mass is 35.5. The van der Waals surface area contributed by atoms with Gasteiger partial charge in [0.25, 0.3) is 0 Å². The van der Waals surface area contributed by atoms with Crippen molar-refractivity contribution >= 4 is 42.2 Å². The Morgan fingerprint density at radius 2 is 1.73 bits per heavy atom. The molecule has 0 aliphatic carbocycles. The van der Waals surface area contributed by atoms with E-state index in [1.54, 1.807) is 12.1 Å². The number of fused-ring (bicyclic) bond motifs is 1. The fourth-order valence-electron chi connectivity index (χ4n) is 2.51. The molecule has 1 saturated heterocycles. The highest BCUT2D eigenvalue weighted by Crippen LogP contribution is 2.22. The van der Waals surface area contributed by atoms with E-state index < -0.39 is 31.3 Å². The Morgan fingerprint density at radius 3 is 2.36 bits per heavy atom. The van der Waals surface area contributed by atoms with Crippen LogP contribution in [0.15, 0.2) is 47.4 Å². The van der Waals surface area contributed by atoms with Crippen LogP contribution in [0, 0.1) is 0 Å². The molecule has 0 saturated carbocycles. The molecule has 0 amide bonds. The zero-order valence-corrected chi connectivity index (χ0v) is 13.8. The SMILES string of the molecule is O=S1(=O)C[C@@H](Cl)[C@H](NS(=O)(=O)c2ccc3ccccc3c2)C1. The summed E-state index contributed by atoms with van der Waals surface area (Å²) in [6, 6.07) is 11.4. The number of nitrogens with one attached hydrogen (secondary N) is 1. The van der Waals surface area contributed by atoms with E-state index in [0.29, 0.717) is 0 Å². The molecule has 1 N–H and O–H groups in total. The lowest BCUT2D eigenvalue weighted by atomic mass is 10.1. The smallest absolute Gasteiger partial charge is 0.229 e. The molecule has 22 heavy (non-hydrogen) atoms. The summed E-state index contributed by atoms with van der Waals surface area (Å²) in [5, 5.41) is 0.979. The lowest BCUT2D eigenvalue weighted by Gasteiger charge is -2.15. The van der Waals surface area contributed by atoms with E-state index >= 15 is 0 Å². The molecule has 0 bridgehead atoms. The van der Waals surface area contributed by atoms with Gasteiger partial charge in [0, 0.05) is 0 Å². The molecule has 0 unspecified atom stereocenters. The minimum absolute atomic E-state index is 0.0966. The number of sulfone groups is 1. The van der Waals surface area contributed by atoms with Crippen molar-refractivity contribution in [3.63, 3.8) is 0 Å². The number of halogens is 1. The first-order chi connectivity index (χ1) is 10.3. The number of sulfonamides is 1. The maximum atomic E-state index is 12.4. The first-order valence-corrected chi connectivity index (χ1v) is 10.4. The van der Waals surface area contributed by atoms with Crippen molar-refractivity contribution in [1.82, 2.24) is 4.72 Å². The van der Waals surface area contributed by atoms with Crippen molar-refractivity contribution < 1.29 is 16.8 Å². The molecule has 0 radical (unpaired) electrons. The normalized spacial score (nSPS) is 24.6. The molecule has 5 nitrogen and oxygen atoms in total. The number of alkyl halides is 1. The summed E-state index contributed by atoms with van der Waals surface area (Å²) in [6.07, 6.45) is 0. The summed E-state index contributed by atoms with van der Waals surface area (Å²) in [6.45, 7) is 0. The van der Waals surface area contributed by atoms with Crippen molar-refractivity contribution in [2.45, 2.75) is 16.3 Å². The molecule has 2 atom stereocenters. The van der Waals surface area contributed by atoms with Crippen molar-refractivity contribution in [2.24, 2.45) is 0 Å². The lowest BCUT2D eigenvalue weighted by Crippen LogP contribution is -2.40. The lowest BCUT2D eigenvalue weighted by molar-refractivity contribution is 0.563. The van der Waals surface area contributed by atoms with Gasteiger partial charge < -0.3 is 0 Å². The Morgan fingerprint density at radius 1 is 1.05 bits per heavy atom. The van der Waals surface area contributed by atoms with Gasteiger partial charge >= 0.3 is 0 Å². The summed E-state index contributed by atoms with van der Waals surface area (Å²) in [5.74, 6) is -0.479.